The number of ether oxygens (including phenoxy) is 2. The highest BCUT2D eigenvalue weighted by atomic mass is 35.5. The maximum atomic E-state index is 13.2. The third-order valence-corrected chi connectivity index (χ3v) is 9.32. The Balaban J connectivity index is 1.77. The van der Waals surface area contributed by atoms with Crippen molar-refractivity contribution in [3.8, 4) is 11.3 Å². The van der Waals surface area contributed by atoms with Crippen molar-refractivity contribution in [3.63, 3.8) is 0 Å². The molecule has 202 valence electrons. The molecule has 38 heavy (non-hydrogen) atoms. The topological polar surface area (TPSA) is 73.3 Å². The standard InChI is InChI=1S/C29H34ClN3O3S2/c1-18(36-29(5,6)35-7)19-12-14-31-23(16-19)21-13-15-32-24-17-25(37-27(21)24)26(33-38(34)28(2,3)4)20-10-8-9-11-22(20)30/h8-18,26,33H,1-7H3. The normalized spacial score (nSPS) is 14.9. The van der Waals surface area contributed by atoms with Crippen molar-refractivity contribution < 1.29 is 13.7 Å². The SMILES string of the molecule is COC(C)(C)OC(C)c1ccnc(-c2ccnc3cc(C(NS(=O)C(C)(C)C)c4ccccc4Cl)sc23)c1. The third kappa shape index (κ3) is 6.50. The van der Waals surface area contributed by atoms with Crippen molar-refractivity contribution in [1.29, 1.82) is 0 Å². The molecule has 0 spiro atoms. The average Bonchev–Trinajstić information content (AvgIpc) is 3.31. The Bertz CT molecular complexity index is 1450. The summed E-state index contributed by atoms with van der Waals surface area (Å²) in [5, 5.41) is 0.615. The van der Waals surface area contributed by atoms with Crippen LogP contribution in [0.3, 0.4) is 0 Å². The number of nitrogens with zero attached hydrogens (tertiary/aromatic N) is 2. The molecule has 6 nitrogen and oxygen atoms in total. The molecule has 0 saturated carbocycles. The van der Waals surface area contributed by atoms with Crippen molar-refractivity contribution in [2.75, 3.05) is 7.11 Å². The highest BCUT2D eigenvalue weighted by Gasteiger charge is 2.28. The Morgan fingerprint density at radius 2 is 1.74 bits per heavy atom. The number of fused-ring (bicyclic) bond motifs is 1. The second-order valence-electron chi connectivity index (χ2n) is 10.5. The Hall–Kier alpha value is -2.20. The molecule has 1 N–H and O–H groups in total. The van der Waals surface area contributed by atoms with Crippen LogP contribution in [-0.2, 0) is 20.5 Å². The van der Waals surface area contributed by atoms with Gasteiger partial charge in [-0.15, -0.1) is 11.3 Å². The lowest BCUT2D eigenvalue weighted by molar-refractivity contribution is -0.221. The molecule has 0 fully saturated rings. The first-order chi connectivity index (χ1) is 17.9. The van der Waals surface area contributed by atoms with Crippen LogP contribution in [0.25, 0.3) is 21.5 Å². The molecule has 0 amide bonds. The smallest absolute Gasteiger partial charge is 0.163 e. The van der Waals surface area contributed by atoms with Crippen molar-refractivity contribution in [2.24, 2.45) is 0 Å². The largest absolute Gasteiger partial charge is 0.354 e. The summed E-state index contributed by atoms with van der Waals surface area (Å²) in [6.45, 7) is 11.6. The molecule has 1 aromatic carbocycles. The molecule has 0 aliphatic rings. The summed E-state index contributed by atoms with van der Waals surface area (Å²) in [6.07, 6.45) is 3.40. The van der Waals surface area contributed by atoms with Gasteiger partial charge in [0.15, 0.2) is 5.79 Å². The van der Waals surface area contributed by atoms with Crippen LogP contribution in [0.5, 0.6) is 0 Å². The molecule has 4 rings (SSSR count). The fraction of sp³-hybridized carbons (Fsp3) is 0.379. The van der Waals surface area contributed by atoms with E-state index in [9.17, 15) is 4.21 Å². The highest BCUT2D eigenvalue weighted by Crippen LogP contribution is 2.40. The lowest BCUT2D eigenvalue weighted by Gasteiger charge is -2.28. The van der Waals surface area contributed by atoms with Gasteiger partial charge in [-0.1, -0.05) is 29.8 Å². The Morgan fingerprint density at radius 3 is 2.42 bits per heavy atom. The summed E-state index contributed by atoms with van der Waals surface area (Å²) < 4.78 is 28.6. The van der Waals surface area contributed by atoms with E-state index in [0.29, 0.717) is 5.02 Å². The van der Waals surface area contributed by atoms with Crippen LogP contribution in [0, 0.1) is 0 Å². The molecule has 3 aromatic heterocycles. The zero-order valence-electron chi connectivity index (χ0n) is 22.7. The average molecular weight is 572 g/mol. The zero-order chi connectivity index (χ0) is 27.7. The number of rotatable bonds is 9. The van der Waals surface area contributed by atoms with Gasteiger partial charge in [0.25, 0.3) is 0 Å². The maximum Gasteiger partial charge on any atom is 0.163 e. The van der Waals surface area contributed by atoms with E-state index < -0.39 is 21.5 Å². The van der Waals surface area contributed by atoms with E-state index >= 15 is 0 Å². The van der Waals surface area contributed by atoms with Crippen molar-refractivity contribution in [1.82, 2.24) is 14.7 Å². The van der Waals surface area contributed by atoms with Gasteiger partial charge in [-0.3, -0.25) is 9.97 Å². The Kier molecular flexibility index (Phi) is 8.71. The monoisotopic (exact) mass is 571 g/mol. The van der Waals surface area contributed by atoms with Gasteiger partial charge < -0.3 is 9.47 Å². The molecule has 9 heteroatoms. The van der Waals surface area contributed by atoms with Crippen LogP contribution < -0.4 is 4.72 Å². The van der Waals surface area contributed by atoms with Gasteiger partial charge in [-0.25, -0.2) is 8.93 Å². The second-order valence-corrected chi connectivity index (χ2v) is 14.0. The number of hydrogen-bond donors (Lipinski definition) is 1. The summed E-state index contributed by atoms with van der Waals surface area (Å²) in [5.41, 5.74) is 4.51. The van der Waals surface area contributed by atoms with Crippen LogP contribution in [0.15, 0.2) is 60.9 Å². The third-order valence-electron chi connectivity index (χ3n) is 6.19. The lowest BCUT2D eigenvalue weighted by atomic mass is 10.1. The van der Waals surface area contributed by atoms with E-state index in [0.717, 1.165) is 37.5 Å². The number of pyridine rings is 2. The first-order valence-corrected chi connectivity index (χ1v) is 14.7. The summed E-state index contributed by atoms with van der Waals surface area (Å²) in [5.74, 6) is -0.705. The number of aromatic nitrogens is 2. The molecule has 3 atom stereocenters. The highest BCUT2D eigenvalue weighted by molar-refractivity contribution is 7.84. The fourth-order valence-electron chi connectivity index (χ4n) is 3.96. The van der Waals surface area contributed by atoms with Gasteiger partial charge in [0.1, 0.15) is 0 Å². The van der Waals surface area contributed by atoms with E-state index in [1.54, 1.807) is 30.8 Å². The minimum absolute atomic E-state index is 0.191. The van der Waals surface area contributed by atoms with E-state index in [2.05, 4.69) is 14.7 Å². The van der Waals surface area contributed by atoms with E-state index in [1.165, 1.54) is 0 Å². The van der Waals surface area contributed by atoms with Crippen LogP contribution in [0.4, 0.5) is 0 Å². The van der Waals surface area contributed by atoms with E-state index in [-0.39, 0.29) is 12.1 Å². The quantitative estimate of drug-likeness (QED) is 0.209. The predicted octanol–water partition coefficient (Wildman–Crippen LogP) is 7.61. The Morgan fingerprint density at radius 1 is 1.03 bits per heavy atom. The summed E-state index contributed by atoms with van der Waals surface area (Å²) in [6, 6.07) is 15.3. The van der Waals surface area contributed by atoms with Gasteiger partial charge in [-0.2, -0.15) is 0 Å². The van der Waals surface area contributed by atoms with Crippen molar-refractivity contribution >= 4 is 44.1 Å². The maximum absolute atomic E-state index is 13.2. The molecule has 3 heterocycles. The number of benzene rings is 1. The molecule has 0 radical (unpaired) electrons. The molecule has 0 saturated heterocycles. The molecular weight excluding hydrogens is 538 g/mol. The summed E-state index contributed by atoms with van der Waals surface area (Å²) >= 11 is 8.22. The molecular formula is C29H34ClN3O3S2. The van der Waals surface area contributed by atoms with Gasteiger partial charge in [0.05, 0.1) is 43.8 Å². The van der Waals surface area contributed by atoms with Crippen LogP contribution in [0.2, 0.25) is 5.02 Å². The minimum Gasteiger partial charge on any atom is -0.354 e. The number of nitrogens with one attached hydrogen (secondary N) is 1. The minimum atomic E-state index is -1.32. The predicted molar refractivity (Wildman–Crippen MR) is 158 cm³/mol. The van der Waals surface area contributed by atoms with Crippen LogP contribution in [0.1, 0.15) is 69.7 Å². The number of methoxy groups -OCH3 is 1. The number of thiophene rings is 1. The number of halogens is 1. The molecule has 0 bridgehead atoms. The van der Waals surface area contributed by atoms with E-state index in [1.807, 2.05) is 90.1 Å². The van der Waals surface area contributed by atoms with Crippen molar-refractivity contribution in [2.45, 2.75) is 64.2 Å². The van der Waals surface area contributed by atoms with Crippen LogP contribution >= 0.6 is 22.9 Å². The number of hydrogen-bond acceptors (Lipinski definition) is 6. The van der Waals surface area contributed by atoms with E-state index in [4.69, 9.17) is 21.1 Å². The van der Waals surface area contributed by atoms with Gasteiger partial charge in [0, 0.05) is 35.0 Å². The molecule has 3 unspecified atom stereocenters. The molecule has 4 aromatic rings. The van der Waals surface area contributed by atoms with Gasteiger partial charge >= 0.3 is 0 Å². The summed E-state index contributed by atoms with van der Waals surface area (Å²) in [4.78, 5) is 10.3. The van der Waals surface area contributed by atoms with Crippen molar-refractivity contribution in [3.05, 3.63) is 82.0 Å². The van der Waals surface area contributed by atoms with Gasteiger partial charge in [0.2, 0.25) is 0 Å². The molecule has 0 aliphatic heterocycles. The first kappa shape index (κ1) is 28.8. The summed E-state index contributed by atoms with van der Waals surface area (Å²) in [7, 11) is 0.317. The first-order valence-electron chi connectivity index (χ1n) is 12.4. The molecule has 0 aliphatic carbocycles. The Labute approximate surface area is 236 Å². The van der Waals surface area contributed by atoms with Gasteiger partial charge in [-0.05, 0) is 83.0 Å². The second kappa shape index (κ2) is 11.5. The fourth-order valence-corrected chi connectivity index (χ4v) is 6.31. The van der Waals surface area contributed by atoms with Crippen LogP contribution in [-0.4, -0.2) is 31.8 Å². The lowest BCUT2D eigenvalue weighted by Crippen LogP contribution is -2.36. The zero-order valence-corrected chi connectivity index (χ0v) is 25.1.